The van der Waals surface area contributed by atoms with E-state index in [1.54, 1.807) is 24.3 Å². The summed E-state index contributed by atoms with van der Waals surface area (Å²) < 4.78 is 34.7. The molecule has 4 nitrogen and oxygen atoms in total. The number of halogens is 3. The first-order valence-electron chi connectivity index (χ1n) is 6.17. The average molecular weight is 342 g/mol. The molecular weight excluding hydrogens is 330 g/mol. The minimum atomic E-state index is -3.75. The summed E-state index contributed by atoms with van der Waals surface area (Å²) in [6, 6.07) is 7.18. The number of nitrogen functional groups attached to an aromatic ring is 1. The van der Waals surface area contributed by atoms with Crippen LogP contribution in [-0.4, -0.2) is 16.2 Å². The number of aromatic nitrogens is 2. The van der Waals surface area contributed by atoms with E-state index in [4.69, 9.17) is 7.10 Å². The van der Waals surface area contributed by atoms with Crippen molar-refractivity contribution in [3.05, 3.63) is 34.3 Å². The molecule has 7 heteroatoms. The number of anilines is 1. The van der Waals surface area contributed by atoms with E-state index in [-0.39, 0.29) is 17.1 Å². The molecule has 0 radical (unpaired) electrons. The summed E-state index contributed by atoms with van der Waals surface area (Å²) in [6.45, 7) is 1.13. The maximum absolute atomic E-state index is 13.1. The molecule has 1 atom stereocenters. The summed E-state index contributed by atoms with van der Waals surface area (Å²) in [6.07, 6.45) is -3.75. The van der Waals surface area contributed by atoms with Gasteiger partial charge in [-0.1, -0.05) is 28.1 Å². The molecule has 104 valence electrons. The number of hydrogen-bond donors (Lipinski definition) is 1. The lowest BCUT2D eigenvalue weighted by Gasteiger charge is -2.12. The van der Waals surface area contributed by atoms with Crippen LogP contribution in [0.2, 0.25) is 0 Å². The van der Waals surface area contributed by atoms with Gasteiger partial charge < -0.3 is 5.73 Å². The fourth-order valence-corrected chi connectivity index (χ4v) is 2.02. The topological polar surface area (TPSA) is 67.6 Å². The van der Waals surface area contributed by atoms with Crippen molar-refractivity contribution in [1.29, 1.82) is 5.26 Å². The molecule has 1 heterocycles. The van der Waals surface area contributed by atoms with Gasteiger partial charge in [-0.15, -0.1) is 0 Å². The smallest absolute Gasteiger partial charge is 0.260 e. The average Bonchev–Trinajstić information content (AvgIpc) is 2.74. The second kappa shape index (κ2) is 5.59. The second-order valence-electron chi connectivity index (χ2n) is 4.14. The van der Waals surface area contributed by atoms with Gasteiger partial charge in [-0.25, -0.2) is 13.5 Å². The van der Waals surface area contributed by atoms with E-state index in [1.807, 2.05) is 6.07 Å². The van der Waals surface area contributed by atoms with E-state index < -0.39 is 12.4 Å². The third kappa shape index (κ3) is 2.51. The maximum Gasteiger partial charge on any atom is 0.260 e. The fraction of sp³-hybridized carbons (Fsp3) is 0.231. The largest absolute Gasteiger partial charge is 0.383 e. The molecule has 0 aliphatic carbocycles. The van der Waals surface area contributed by atoms with Crippen LogP contribution in [0.4, 0.5) is 14.6 Å². The Bertz CT molecular complexity index is 701. The highest BCUT2D eigenvalue weighted by Gasteiger charge is 2.24. The summed E-state index contributed by atoms with van der Waals surface area (Å²) in [5, 5.41) is 13.2. The van der Waals surface area contributed by atoms with E-state index >= 15 is 0 Å². The first kappa shape index (κ1) is 13.1. The van der Waals surface area contributed by atoms with E-state index in [0.717, 1.165) is 16.1 Å². The van der Waals surface area contributed by atoms with Crippen molar-refractivity contribution in [2.45, 2.75) is 19.4 Å². The highest BCUT2D eigenvalue weighted by Crippen LogP contribution is 2.30. The molecule has 0 aliphatic rings. The third-order valence-corrected chi connectivity index (χ3v) is 3.39. The van der Waals surface area contributed by atoms with Gasteiger partial charge in [0.05, 0.1) is 0 Å². The van der Waals surface area contributed by atoms with Crippen molar-refractivity contribution in [2.75, 3.05) is 5.73 Å². The van der Waals surface area contributed by atoms with Crippen molar-refractivity contribution in [3.8, 4) is 17.3 Å². The van der Waals surface area contributed by atoms with Crippen LogP contribution in [0.15, 0.2) is 28.7 Å². The Labute approximate surface area is 124 Å². The lowest BCUT2D eigenvalue weighted by Crippen LogP contribution is -2.17. The Morgan fingerprint density at radius 2 is 2.05 bits per heavy atom. The van der Waals surface area contributed by atoms with Crippen molar-refractivity contribution in [2.24, 2.45) is 0 Å². The van der Waals surface area contributed by atoms with E-state index in [0.29, 0.717) is 5.56 Å². The fourth-order valence-electron chi connectivity index (χ4n) is 1.76. The molecule has 0 amide bonds. The Morgan fingerprint density at radius 3 is 2.55 bits per heavy atom. The number of benzene rings is 1. The van der Waals surface area contributed by atoms with E-state index in [9.17, 15) is 14.0 Å². The first-order chi connectivity index (χ1) is 9.75. The Balaban J connectivity index is 2.59. The lowest BCUT2D eigenvalue weighted by atomic mass is 10.1. The molecule has 2 aromatic rings. The van der Waals surface area contributed by atoms with E-state index in [2.05, 4.69) is 21.0 Å². The van der Waals surface area contributed by atoms with Gasteiger partial charge in [0.1, 0.15) is 30.6 Å². The van der Waals surface area contributed by atoms with Crippen LogP contribution >= 0.6 is 15.9 Å². The number of nitrogens with zero attached hydrogens (tertiary/aromatic N) is 3. The molecule has 0 saturated carbocycles. The molecule has 0 spiro atoms. The lowest BCUT2D eigenvalue weighted by molar-refractivity contribution is 0.0867. The van der Waals surface area contributed by atoms with Crippen LogP contribution in [-0.2, 0) is 0 Å². The first-order valence-corrected chi connectivity index (χ1v) is 6.47. The van der Waals surface area contributed by atoms with Crippen LogP contribution in [0.1, 0.15) is 19.9 Å². The summed E-state index contributed by atoms with van der Waals surface area (Å²) in [4.78, 5) is 0. The molecule has 20 heavy (non-hydrogen) atoms. The van der Waals surface area contributed by atoms with Gasteiger partial charge in [0, 0.05) is 10.0 Å². The normalized spacial score (nSPS) is 13.7. The molecule has 1 aromatic heterocycles. The predicted molar refractivity (Wildman–Crippen MR) is 75.2 cm³/mol. The van der Waals surface area contributed by atoms with Crippen molar-refractivity contribution >= 4 is 21.7 Å². The molecular formula is C13H11BrF2N4. The number of hydrogen-bond acceptors (Lipinski definition) is 3. The Hall–Kier alpha value is -1.94. The van der Waals surface area contributed by atoms with Gasteiger partial charge in [0.15, 0.2) is 0 Å². The summed E-state index contributed by atoms with van der Waals surface area (Å²) >= 11 is 3.28. The Kier molecular flexibility index (Phi) is 3.65. The number of nitrogens with two attached hydrogens (primary N) is 1. The maximum atomic E-state index is 13.1. The Morgan fingerprint density at radius 1 is 1.45 bits per heavy atom. The van der Waals surface area contributed by atoms with Gasteiger partial charge in [-0.2, -0.15) is 10.4 Å². The predicted octanol–water partition coefficient (Wildman–Crippen LogP) is 3.59. The molecule has 1 unspecified atom stereocenters. The minimum Gasteiger partial charge on any atom is -0.383 e. The molecule has 1 aromatic carbocycles. The zero-order valence-corrected chi connectivity index (χ0v) is 12.0. The zero-order valence-electron chi connectivity index (χ0n) is 11.4. The number of alkyl halides is 2. The van der Waals surface area contributed by atoms with Crippen molar-refractivity contribution in [1.82, 2.24) is 9.78 Å². The van der Waals surface area contributed by atoms with Gasteiger partial charge in [-0.3, -0.25) is 0 Å². The molecule has 0 bridgehead atoms. The summed E-state index contributed by atoms with van der Waals surface area (Å²) in [5.41, 5.74) is 6.56. The van der Waals surface area contributed by atoms with Gasteiger partial charge in [0.2, 0.25) is 0 Å². The van der Waals surface area contributed by atoms with Crippen LogP contribution in [0.5, 0.6) is 0 Å². The van der Waals surface area contributed by atoms with Crippen molar-refractivity contribution < 1.29 is 10.2 Å². The van der Waals surface area contributed by atoms with Crippen LogP contribution < -0.4 is 5.73 Å². The van der Waals surface area contributed by atoms with Gasteiger partial charge in [-0.05, 0) is 19.1 Å². The quantitative estimate of drug-likeness (QED) is 0.927. The highest BCUT2D eigenvalue weighted by molar-refractivity contribution is 9.10. The van der Waals surface area contributed by atoms with E-state index in [1.165, 1.54) is 0 Å². The van der Waals surface area contributed by atoms with Crippen LogP contribution in [0.3, 0.4) is 0 Å². The molecule has 0 aliphatic heterocycles. The molecule has 2 N–H and O–H groups in total. The SMILES string of the molecule is [2H]C(F)(F)C(C)n1nc(-c2ccc(Br)cc2)c(C#N)c1N. The third-order valence-electron chi connectivity index (χ3n) is 2.86. The summed E-state index contributed by atoms with van der Waals surface area (Å²) in [7, 11) is 0. The number of nitriles is 1. The molecule has 0 fully saturated rings. The zero-order chi connectivity index (χ0) is 15.8. The second-order valence-corrected chi connectivity index (χ2v) is 5.05. The standard InChI is InChI=1S/C13H11BrF2N4/c1-7(12(15)16)20-13(18)10(6-17)11(19-20)8-2-4-9(14)5-3-8/h2-5,7,12H,18H2,1H3/i12D. The van der Waals surface area contributed by atoms with Gasteiger partial charge >= 0.3 is 0 Å². The monoisotopic (exact) mass is 341 g/mol. The van der Waals surface area contributed by atoms with Crippen LogP contribution in [0.25, 0.3) is 11.3 Å². The minimum absolute atomic E-state index is 0.0217. The van der Waals surface area contributed by atoms with Crippen molar-refractivity contribution in [3.63, 3.8) is 0 Å². The highest BCUT2D eigenvalue weighted by atomic mass is 79.9. The van der Waals surface area contributed by atoms with Crippen LogP contribution in [0, 0.1) is 11.3 Å². The molecule has 2 rings (SSSR count). The molecule has 0 saturated heterocycles. The summed E-state index contributed by atoms with van der Waals surface area (Å²) in [5.74, 6) is -0.171. The number of rotatable bonds is 3. The van der Waals surface area contributed by atoms with Gasteiger partial charge in [0.25, 0.3) is 6.40 Å².